The van der Waals surface area contributed by atoms with Crippen molar-refractivity contribution in [2.75, 3.05) is 43.0 Å². The lowest BCUT2D eigenvalue weighted by molar-refractivity contribution is 0.627. The van der Waals surface area contributed by atoms with Gasteiger partial charge in [-0.3, -0.25) is 0 Å². The van der Waals surface area contributed by atoms with Gasteiger partial charge in [0, 0.05) is 26.7 Å². The van der Waals surface area contributed by atoms with Gasteiger partial charge in [-0.2, -0.15) is 0 Å². The summed E-state index contributed by atoms with van der Waals surface area (Å²) in [5, 5.41) is 0. The highest BCUT2D eigenvalue weighted by molar-refractivity contribution is 5.71. The Kier molecular flexibility index (Phi) is 3.84. The van der Waals surface area contributed by atoms with Gasteiger partial charge < -0.3 is 15.5 Å². The van der Waals surface area contributed by atoms with Crippen molar-refractivity contribution in [3.63, 3.8) is 0 Å². The van der Waals surface area contributed by atoms with Crippen molar-refractivity contribution < 1.29 is 4.39 Å². The Morgan fingerprint density at radius 1 is 1.29 bits per heavy atom. The molecule has 1 aromatic rings. The molecule has 0 aromatic heterocycles. The third-order valence-electron chi connectivity index (χ3n) is 3.24. The quantitative estimate of drug-likeness (QED) is 0.870. The fourth-order valence-electron chi connectivity index (χ4n) is 2.32. The van der Waals surface area contributed by atoms with E-state index in [2.05, 4.69) is 9.80 Å². The first-order chi connectivity index (χ1) is 8.22. The van der Waals surface area contributed by atoms with E-state index in [1.165, 1.54) is 6.07 Å². The minimum Gasteiger partial charge on any atom is -0.373 e. The first kappa shape index (κ1) is 12.2. The van der Waals surface area contributed by atoms with Gasteiger partial charge in [0.25, 0.3) is 0 Å². The van der Waals surface area contributed by atoms with Crippen molar-refractivity contribution >= 4 is 11.4 Å². The maximum atomic E-state index is 13.3. The van der Waals surface area contributed by atoms with Crippen molar-refractivity contribution in [2.24, 2.45) is 5.73 Å². The number of nitrogens with two attached hydrogens (primary N) is 1. The highest BCUT2D eigenvalue weighted by Gasteiger charge is 2.18. The second kappa shape index (κ2) is 5.36. The van der Waals surface area contributed by atoms with Crippen LogP contribution in [0.3, 0.4) is 0 Å². The number of anilines is 2. The first-order valence-corrected chi connectivity index (χ1v) is 6.18. The molecule has 0 spiro atoms. The molecule has 0 unspecified atom stereocenters. The number of fused-ring (bicyclic) bond motifs is 1. The van der Waals surface area contributed by atoms with Gasteiger partial charge in [0.1, 0.15) is 5.82 Å². The predicted octanol–water partition coefficient (Wildman–Crippen LogP) is 1.82. The first-order valence-electron chi connectivity index (χ1n) is 6.18. The third kappa shape index (κ3) is 2.69. The summed E-state index contributed by atoms with van der Waals surface area (Å²) in [6.07, 6.45) is 2.07. The summed E-state index contributed by atoms with van der Waals surface area (Å²) in [5.41, 5.74) is 7.67. The molecule has 1 aliphatic heterocycles. The topological polar surface area (TPSA) is 32.5 Å². The summed E-state index contributed by atoms with van der Waals surface area (Å²) in [4.78, 5) is 4.44. The van der Waals surface area contributed by atoms with E-state index in [0.717, 1.165) is 43.9 Å². The molecule has 17 heavy (non-hydrogen) atoms. The molecule has 1 aliphatic rings. The van der Waals surface area contributed by atoms with Crippen LogP contribution in [0.15, 0.2) is 18.2 Å². The van der Waals surface area contributed by atoms with Crippen molar-refractivity contribution in [3.8, 4) is 0 Å². The molecule has 0 aliphatic carbocycles. The number of hydrogen-bond donors (Lipinski definition) is 1. The van der Waals surface area contributed by atoms with Crippen LogP contribution in [0.25, 0.3) is 0 Å². The summed E-state index contributed by atoms with van der Waals surface area (Å²) < 4.78 is 13.3. The minimum absolute atomic E-state index is 0.170. The van der Waals surface area contributed by atoms with Crippen LogP contribution in [0.5, 0.6) is 0 Å². The zero-order valence-electron chi connectivity index (χ0n) is 10.3. The summed E-state index contributed by atoms with van der Waals surface area (Å²) in [6.45, 7) is 3.63. The zero-order valence-corrected chi connectivity index (χ0v) is 10.3. The number of benzene rings is 1. The summed E-state index contributed by atoms with van der Waals surface area (Å²) in [6, 6.07) is 5.03. The maximum absolute atomic E-state index is 13.3. The highest BCUT2D eigenvalue weighted by Crippen LogP contribution is 2.32. The Balaban J connectivity index is 2.30. The minimum atomic E-state index is -0.170. The van der Waals surface area contributed by atoms with E-state index >= 15 is 0 Å². The van der Waals surface area contributed by atoms with E-state index in [4.69, 9.17) is 5.73 Å². The van der Waals surface area contributed by atoms with Crippen molar-refractivity contribution in [1.29, 1.82) is 0 Å². The second-order valence-electron chi connectivity index (χ2n) is 4.54. The van der Waals surface area contributed by atoms with E-state index in [0.29, 0.717) is 6.54 Å². The lowest BCUT2D eigenvalue weighted by Gasteiger charge is -2.25. The molecule has 2 N–H and O–H groups in total. The fourth-order valence-corrected chi connectivity index (χ4v) is 2.32. The monoisotopic (exact) mass is 237 g/mol. The van der Waals surface area contributed by atoms with Gasteiger partial charge in [-0.25, -0.2) is 4.39 Å². The normalized spacial score (nSPS) is 15.7. The van der Waals surface area contributed by atoms with Crippen LogP contribution < -0.4 is 15.5 Å². The van der Waals surface area contributed by atoms with Crippen LogP contribution in [-0.4, -0.2) is 33.2 Å². The summed E-state index contributed by atoms with van der Waals surface area (Å²) in [7, 11) is 2.02. The number of halogens is 1. The Hall–Kier alpha value is -1.29. The molecule has 0 atom stereocenters. The molecule has 0 bridgehead atoms. The number of nitrogens with zero attached hydrogens (tertiary/aromatic N) is 2. The molecule has 2 rings (SSSR count). The molecule has 0 saturated heterocycles. The molecule has 0 radical (unpaired) electrons. The number of rotatable bonds is 3. The van der Waals surface area contributed by atoms with Crippen LogP contribution in [-0.2, 0) is 0 Å². The standard InChI is InChI=1S/C13H20FN3/c1-16-7-3-9-17(8-2-6-15)12-5-4-11(14)10-13(12)16/h4-5,10H,2-3,6-9,15H2,1H3. The van der Waals surface area contributed by atoms with Crippen LogP contribution >= 0.6 is 0 Å². The van der Waals surface area contributed by atoms with Gasteiger partial charge in [-0.05, 0) is 37.6 Å². The van der Waals surface area contributed by atoms with E-state index < -0.39 is 0 Å². The fraction of sp³-hybridized carbons (Fsp3) is 0.538. The van der Waals surface area contributed by atoms with Gasteiger partial charge in [0.2, 0.25) is 0 Å². The smallest absolute Gasteiger partial charge is 0.125 e. The molecule has 0 saturated carbocycles. The van der Waals surface area contributed by atoms with E-state index in [1.54, 1.807) is 6.07 Å². The van der Waals surface area contributed by atoms with Gasteiger partial charge >= 0.3 is 0 Å². The Labute approximate surface area is 102 Å². The zero-order chi connectivity index (χ0) is 12.3. The average molecular weight is 237 g/mol. The van der Waals surface area contributed by atoms with Crippen molar-refractivity contribution in [3.05, 3.63) is 24.0 Å². The van der Waals surface area contributed by atoms with E-state index in [-0.39, 0.29) is 5.82 Å². The molecule has 1 heterocycles. The lowest BCUT2D eigenvalue weighted by atomic mass is 10.2. The molecule has 94 valence electrons. The maximum Gasteiger partial charge on any atom is 0.125 e. The predicted molar refractivity (Wildman–Crippen MR) is 70.2 cm³/mol. The Morgan fingerprint density at radius 2 is 2.12 bits per heavy atom. The van der Waals surface area contributed by atoms with E-state index in [1.807, 2.05) is 13.1 Å². The highest BCUT2D eigenvalue weighted by atomic mass is 19.1. The van der Waals surface area contributed by atoms with Crippen molar-refractivity contribution in [2.45, 2.75) is 12.8 Å². The second-order valence-corrected chi connectivity index (χ2v) is 4.54. The molecular weight excluding hydrogens is 217 g/mol. The van der Waals surface area contributed by atoms with Gasteiger partial charge in [-0.15, -0.1) is 0 Å². The molecule has 1 aromatic carbocycles. The van der Waals surface area contributed by atoms with Crippen LogP contribution in [0.1, 0.15) is 12.8 Å². The van der Waals surface area contributed by atoms with Gasteiger partial charge in [0.15, 0.2) is 0 Å². The molecule has 0 fully saturated rings. The van der Waals surface area contributed by atoms with Crippen molar-refractivity contribution in [1.82, 2.24) is 0 Å². The van der Waals surface area contributed by atoms with Gasteiger partial charge in [-0.1, -0.05) is 0 Å². The largest absolute Gasteiger partial charge is 0.373 e. The number of hydrogen-bond acceptors (Lipinski definition) is 3. The third-order valence-corrected chi connectivity index (χ3v) is 3.24. The molecule has 4 heteroatoms. The average Bonchev–Trinajstić information content (AvgIpc) is 2.47. The van der Waals surface area contributed by atoms with Crippen LogP contribution in [0.4, 0.5) is 15.8 Å². The Bertz CT molecular complexity index is 381. The molecular formula is C13H20FN3. The molecule has 3 nitrogen and oxygen atoms in total. The van der Waals surface area contributed by atoms with Crippen LogP contribution in [0.2, 0.25) is 0 Å². The Morgan fingerprint density at radius 3 is 2.88 bits per heavy atom. The van der Waals surface area contributed by atoms with Gasteiger partial charge in [0.05, 0.1) is 11.4 Å². The van der Waals surface area contributed by atoms with Crippen LogP contribution in [0, 0.1) is 5.82 Å². The lowest BCUT2D eigenvalue weighted by Crippen LogP contribution is -2.26. The molecule has 0 amide bonds. The summed E-state index contributed by atoms with van der Waals surface area (Å²) >= 11 is 0. The summed E-state index contributed by atoms with van der Waals surface area (Å²) in [5.74, 6) is -0.170. The van der Waals surface area contributed by atoms with E-state index in [9.17, 15) is 4.39 Å². The SMILES string of the molecule is CN1CCCN(CCCN)c2ccc(F)cc21.